The maximum Gasteiger partial charge on any atom is 0.437 e. The normalized spacial score (nSPS) is 12.9. The van der Waals surface area contributed by atoms with Crippen LogP contribution >= 0.6 is 0 Å². The highest BCUT2D eigenvalue weighted by molar-refractivity contribution is 5.99. The lowest BCUT2D eigenvalue weighted by Crippen LogP contribution is -2.37. The van der Waals surface area contributed by atoms with Gasteiger partial charge in [-0.3, -0.25) is 18.7 Å². The van der Waals surface area contributed by atoms with E-state index in [0.717, 1.165) is 19.3 Å². The highest BCUT2D eigenvalue weighted by atomic mass is 16.6. The van der Waals surface area contributed by atoms with Gasteiger partial charge in [0.15, 0.2) is 5.78 Å². The van der Waals surface area contributed by atoms with E-state index >= 15 is 0 Å². The van der Waals surface area contributed by atoms with E-state index in [1.165, 1.54) is 21.0 Å². The van der Waals surface area contributed by atoms with Crippen molar-refractivity contribution in [1.82, 2.24) is 18.7 Å². The molecular formula is C20H23N5O5. The van der Waals surface area contributed by atoms with E-state index < -0.39 is 33.9 Å². The van der Waals surface area contributed by atoms with Crippen molar-refractivity contribution in [2.24, 2.45) is 14.1 Å². The molecule has 10 nitrogen and oxygen atoms in total. The highest BCUT2D eigenvalue weighted by Crippen LogP contribution is 2.27. The summed E-state index contributed by atoms with van der Waals surface area (Å²) in [5.41, 5.74) is -0.430. The van der Waals surface area contributed by atoms with E-state index in [1.807, 2.05) is 12.1 Å². The van der Waals surface area contributed by atoms with Crippen molar-refractivity contribution in [2.75, 3.05) is 0 Å². The number of Topliss-reactive ketones (excluding diaryl/α,β-unsaturated/α-hetero) is 1. The maximum atomic E-state index is 13.1. The minimum absolute atomic E-state index is 0.0676. The van der Waals surface area contributed by atoms with Crippen LogP contribution in [0.5, 0.6) is 0 Å². The summed E-state index contributed by atoms with van der Waals surface area (Å²) in [6.45, 7) is 7.63. The molecule has 0 aliphatic carbocycles. The first-order chi connectivity index (χ1) is 13.9. The number of benzene rings is 1. The molecular weight excluding hydrogens is 390 g/mol. The van der Waals surface area contributed by atoms with Gasteiger partial charge in [0.1, 0.15) is 6.04 Å². The summed E-state index contributed by atoms with van der Waals surface area (Å²) in [6, 6.07) is 5.95. The van der Waals surface area contributed by atoms with E-state index in [0.29, 0.717) is 5.56 Å². The number of fused-ring (bicyclic) bond motifs is 1. The first-order valence-electron chi connectivity index (χ1n) is 9.33. The maximum absolute atomic E-state index is 13.1. The second-order valence-electron chi connectivity index (χ2n) is 8.28. The van der Waals surface area contributed by atoms with Gasteiger partial charge in [-0.25, -0.2) is 4.79 Å². The predicted molar refractivity (Wildman–Crippen MR) is 111 cm³/mol. The fourth-order valence-corrected chi connectivity index (χ4v) is 3.42. The molecule has 1 atom stereocenters. The van der Waals surface area contributed by atoms with Gasteiger partial charge in [0.05, 0.1) is 0 Å². The van der Waals surface area contributed by atoms with Crippen molar-refractivity contribution in [3.63, 3.8) is 0 Å². The van der Waals surface area contributed by atoms with Crippen LogP contribution in [0.1, 0.15) is 49.7 Å². The molecule has 2 heterocycles. The number of aromatic nitrogens is 4. The van der Waals surface area contributed by atoms with Gasteiger partial charge in [-0.05, 0) is 22.8 Å². The molecule has 3 rings (SSSR count). The van der Waals surface area contributed by atoms with Gasteiger partial charge in [-0.1, -0.05) is 50.0 Å². The molecule has 10 heteroatoms. The van der Waals surface area contributed by atoms with Crippen LogP contribution in [0, 0.1) is 10.1 Å². The van der Waals surface area contributed by atoms with Crippen molar-refractivity contribution in [3.8, 4) is 0 Å². The van der Waals surface area contributed by atoms with Crippen LogP contribution in [0.3, 0.4) is 0 Å². The van der Waals surface area contributed by atoms with E-state index in [4.69, 9.17) is 0 Å². The van der Waals surface area contributed by atoms with Crippen molar-refractivity contribution < 1.29 is 9.72 Å². The van der Waals surface area contributed by atoms with Gasteiger partial charge < -0.3 is 10.1 Å². The van der Waals surface area contributed by atoms with E-state index in [2.05, 4.69) is 25.8 Å². The summed E-state index contributed by atoms with van der Waals surface area (Å²) < 4.78 is 2.95. The number of aryl methyl sites for hydroxylation is 1. The monoisotopic (exact) mass is 413 g/mol. The SMILES string of the molecule is C[C@@H](C(=O)c1ccc(C(C)(C)C)cc1)n1c([N+](=O)[O-])nc2c(=O)n(C)c(=O)n(C)c21. The first kappa shape index (κ1) is 21.2. The summed E-state index contributed by atoms with van der Waals surface area (Å²) in [4.78, 5) is 52.6. The van der Waals surface area contributed by atoms with Gasteiger partial charge in [0, 0.05) is 19.7 Å². The molecule has 0 radical (unpaired) electrons. The van der Waals surface area contributed by atoms with Gasteiger partial charge in [0.2, 0.25) is 5.65 Å². The Balaban J connectivity index is 2.21. The third-order valence-electron chi connectivity index (χ3n) is 5.23. The lowest BCUT2D eigenvalue weighted by Gasteiger charge is -2.19. The molecule has 1 aromatic carbocycles. The van der Waals surface area contributed by atoms with Crippen LogP contribution in [0.15, 0.2) is 33.9 Å². The zero-order valence-corrected chi connectivity index (χ0v) is 17.7. The molecule has 0 spiro atoms. The predicted octanol–water partition coefficient (Wildman–Crippen LogP) is 2.08. The summed E-state index contributed by atoms with van der Waals surface area (Å²) in [5.74, 6) is -1.07. The van der Waals surface area contributed by atoms with Gasteiger partial charge >= 0.3 is 17.2 Å². The van der Waals surface area contributed by atoms with E-state index in [9.17, 15) is 24.5 Å². The van der Waals surface area contributed by atoms with Crippen LogP contribution in [0.2, 0.25) is 0 Å². The Labute approximate surface area is 171 Å². The molecule has 0 fully saturated rings. The molecule has 3 aromatic rings. The number of carbonyl (C=O) groups excluding carboxylic acids is 1. The Morgan fingerprint density at radius 1 is 1.10 bits per heavy atom. The minimum atomic E-state index is -1.06. The number of hydrogen-bond donors (Lipinski definition) is 0. The van der Waals surface area contributed by atoms with Crippen LogP contribution in [-0.4, -0.2) is 29.4 Å². The number of ketones is 1. The molecule has 0 aliphatic heterocycles. The fourth-order valence-electron chi connectivity index (χ4n) is 3.42. The Morgan fingerprint density at radius 3 is 2.17 bits per heavy atom. The van der Waals surface area contributed by atoms with Crippen LogP contribution < -0.4 is 11.2 Å². The molecule has 0 amide bonds. The molecule has 0 saturated carbocycles. The summed E-state index contributed by atoms with van der Waals surface area (Å²) in [6.07, 6.45) is 0. The number of nitrogens with zero attached hydrogens (tertiary/aromatic N) is 5. The average Bonchev–Trinajstić information content (AvgIpc) is 3.10. The summed E-state index contributed by atoms with van der Waals surface area (Å²) in [7, 11) is 2.64. The van der Waals surface area contributed by atoms with Gasteiger partial charge in [0.25, 0.3) is 5.52 Å². The number of hydrogen-bond acceptors (Lipinski definition) is 6. The zero-order chi connectivity index (χ0) is 22.5. The molecule has 0 unspecified atom stereocenters. The molecule has 0 bridgehead atoms. The Kier molecular flexibility index (Phi) is 4.97. The standard InChI is InChI=1S/C20H23N5O5/c1-11(15(26)12-7-9-13(10-8-12)20(2,3)4)24-16-14(21-18(24)25(29)30)17(27)23(6)19(28)22(16)5/h7-11H,1-6H3/t11-/m0/s1. The molecule has 0 N–H and O–H groups in total. The quantitative estimate of drug-likeness (QED) is 0.367. The lowest BCUT2D eigenvalue weighted by atomic mass is 9.86. The number of nitro groups is 1. The second kappa shape index (κ2) is 7.05. The van der Waals surface area contributed by atoms with Crippen molar-refractivity contribution >= 4 is 22.9 Å². The van der Waals surface area contributed by atoms with E-state index in [1.54, 1.807) is 12.1 Å². The number of carbonyl (C=O) groups is 1. The lowest BCUT2D eigenvalue weighted by molar-refractivity contribution is -0.396. The third-order valence-corrected chi connectivity index (χ3v) is 5.23. The van der Waals surface area contributed by atoms with Gasteiger partial charge in [-0.15, -0.1) is 0 Å². The van der Waals surface area contributed by atoms with Crippen LogP contribution in [0.4, 0.5) is 5.95 Å². The Hall–Kier alpha value is -3.56. The van der Waals surface area contributed by atoms with Crippen LogP contribution in [0.25, 0.3) is 11.2 Å². The molecule has 158 valence electrons. The summed E-state index contributed by atoms with van der Waals surface area (Å²) in [5, 5.41) is 11.6. The number of imidazole rings is 1. The fraction of sp³-hybridized carbons (Fsp3) is 0.400. The van der Waals surface area contributed by atoms with Crippen molar-refractivity contribution in [2.45, 2.75) is 39.2 Å². The van der Waals surface area contributed by atoms with Crippen molar-refractivity contribution in [1.29, 1.82) is 0 Å². The Bertz CT molecular complexity index is 1290. The van der Waals surface area contributed by atoms with Gasteiger partial charge in [-0.2, -0.15) is 4.57 Å². The second-order valence-corrected chi connectivity index (χ2v) is 8.28. The van der Waals surface area contributed by atoms with Crippen LogP contribution in [-0.2, 0) is 19.5 Å². The zero-order valence-electron chi connectivity index (χ0n) is 17.7. The molecule has 0 saturated heterocycles. The number of rotatable bonds is 4. The van der Waals surface area contributed by atoms with Crippen molar-refractivity contribution in [3.05, 3.63) is 66.3 Å². The highest BCUT2D eigenvalue weighted by Gasteiger charge is 2.34. The first-order valence-corrected chi connectivity index (χ1v) is 9.33. The smallest absolute Gasteiger partial charge is 0.390 e. The third kappa shape index (κ3) is 3.23. The van der Waals surface area contributed by atoms with E-state index in [-0.39, 0.29) is 16.6 Å². The molecule has 30 heavy (non-hydrogen) atoms. The average molecular weight is 413 g/mol. The summed E-state index contributed by atoms with van der Waals surface area (Å²) >= 11 is 0. The minimum Gasteiger partial charge on any atom is -0.390 e. The molecule has 2 aromatic heterocycles. The largest absolute Gasteiger partial charge is 0.437 e. The topological polar surface area (TPSA) is 122 Å². The molecule has 0 aliphatic rings. The Morgan fingerprint density at radius 2 is 1.67 bits per heavy atom.